The number of anilines is 2. The van der Waals surface area contributed by atoms with Gasteiger partial charge in [0, 0.05) is 114 Å². The predicted molar refractivity (Wildman–Crippen MR) is 528 cm³/mol. The molecule has 5 amide bonds. The van der Waals surface area contributed by atoms with E-state index in [-0.39, 0.29) is 196 Å². The first-order chi connectivity index (χ1) is 65.9. The Labute approximate surface area is 852 Å². The maximum Gasteiger partial charge on any atom is 0.573 e. The van der Waals surface area contributed by atoms with E-state index in [0.29, 0.717) is 79.1 Å². The van der Waals surface area contributed by atoms with Crippen LogP contribution in [0.5, 0.6) is 17.2 Å². The number of amides is 5. The monoisotopic (exact) mass is 2170 g/mol. The van der Waals surface area contributed by atoms with Crippen LogP contribution in [0.4, 0.5) is 50.9 Å². The van der Waals surface area contributed by atoms with Crippen LogP contribution in [0, 0.1) is 20.8 Å². The Morgan fingerprint density at radius 2 is 0.757 bits per heavy atom. The zero-order valence-electron chi connectivity index (χ0n) is 80.0. The lowest BCUT2D eigenvalue weighted by molar-refractivity contribution is -0.275. The number of hydrogen-bond acceptors (Lipinski definition) is 29. The van der Waals surface area contributed by atoms with E-state index in [1.807, 2.05) is 25.1 Å². The summed E-state index contributed by atoms with van der Waals surface area (Å²) in [6.45, 7) is 14.0. The van der Waals surface area contributed by atoms with Gasteiger partial charge in [-0.3, -0.25) is 58.1 Å². The van der Waals surface area contributed by atoms with Gasteiger partial charge in [0.15, 0.2) is 12.2 Å². The zero-order chi connectivity index (χ0) is 105. The minimum Gasteiger partial charge on any atom is -0.462 e. The van der Waals surface area contributed by atoms with Crippen LogP contribution in [-0.2, 0) is 117 Å². The Kier molecular flexibility index (Phi) is 46.5. The number of esters is 4. The number of aliphatic hydroxyl groups excluding tert-OH is 3. The lowest BCUT2D eigenvalue weighted by Crippen LogP contribution is -2.50. The number of aliphatic hydroxyl groups is 3. The summed E-state index contributed by atoms with van der Waals surface area (Å²) in [5, 5.41) is 36.7. The molecule has 0 aromatic heterocycles. The highest BCUT2D eigenvalue weighted by atomic mass is 35.7. The molecule has 3 saturated heterocycles. The number of sulfonamides is 2. The molecule has 6 aromatic carbocycles. The summed E-state index contributed by atoms with van der Waals surface area (Å²) >= 11 is 0. The van der Waals surface area contributed by atoms with Crippen LogP contribution in [0.3, 0.4) is 0 Å². The number of carbonyl (C=O) groups is 9. The van der Waals surface area contributed by atoms with Crippen molar-refractivity contribution < 1.29 is 156 Å². The number of hydrogen-bond donors (Lipinski definition) is 7. The highest BCUT2D eigenvalue weighted by Gasteiger charge is 2.50. The molecule has 52 heteroatoms. The minimum atomic E-state index is -4.84. The van der Waals surface area contributed by atoms with Gasteiger partial charge in [0.25, 0.3) is 17.7 Å². The van der Waals surface area contributed by atoms with Crippen molar-refractivity contribution in [3.63, 3.8) is 0 Å². The molecule has 0 unspecified atom stereocenters. The van der Waals surface area contributed by atoms with Crippen molar-refractivity contribution in [2.75, 3.05) is 106 Å². The fourth-order valence-electron chi connectivity index (χ4n) is 15.7. The molecule has 0 bridgehead atoms. The molecule has 3 fully saturated rings. The molecule has 0 aliphatic carbocycles. The van der Waals surface area contributed by atoms with Crippen LogP contribution in [0.25, 0.3) is 0 Å². The highest BCUT2D eigenvalue weighted by Crippen LogP contribution is 2.38. The number of ether oxygens (including phenoxy) is 7. The smallest absolute Gasteiger partial charge is 0.462 e. The van der Waals surface area contributed by atoms with Crippen LogP contribution >= 0.6 is 51.2 Å². The molecular formula is C92H117ClF9N11O25S6. The molecule has 36 nitrogen and oxygen atoms in total. The summed E-state index contributed by atoms with van der Waals surface area (Å²) < 4.78 is 221. The van der Waals surface area contributed by atoms with Crippen molar-refractivity contribution in [1.82, 2.24) is 29.9 Å². The van der Waals surface area contributed by atoms with E-state index in [4.69, 9.17) is 39.8 Å². The number of aliphatic imine (C=N–C) groups is 3. The fraction of sp³-hybridized carbons (Fsp3) is 0.478. The lowest BCUT2D eigenvalue weighted by atomic mass is 9.89. The first-order valence-electron chi connectivity index (χ1n) is 44.0. The molecule has 6 aliphatic rings. The van der Waals surface area contributed by atoms with Crippen LogP contribution in [0.1, 0.15) is 142 Å². The van der Waals surface area contributed by atoms with Crippen molar-refractivity contribution in [3.8, 4) is 17.2 Å². The van der Waals surface area contributed by atoms with Crippen molar-refractivity contribution >= 4 is 163 Å². The van der Waals surface area contributed by atoms with Gasteiger partial charge in [0.1, 0.15) is 64.6 Å². The Balaban J connectivity index is 0.000000347. The topological polar surface area (TPSA) is 480 Å². The Hall–Kier alpha value is -10.7. The maximum atomic E-state index is 13.3. The summed E-state index contributed by atoms with van der Waals surface area (Å²) in [4.78, 5) is 124. The van der Waals surface area contributed by atoms with Gasteiger partial charge in [-0.05, 0) is 240 Å². The molecule has 796 valence electrons. The van der Waals surface area contributed by atoms with E-state index in [9.17, 15) is 113 Å². The standard InChI is InChI=1S/C32H37F3N4O9S.C27H32F3N3O6S.C18H24ClNO7S.C14H14F3N3O2.CH4O.3H2S/c1-20-17-26(39(21(2)40)18-28(47-23(4)42)19-46-22(3)41)8-5-24(20)11-16-49(44,45)38-14-12-31(13-15-38)30(43)36-29(37-31)25-6-9-27(10-7-25)48-32(33,34)35;1-18-16-19(3-7-22(35)17-34)2-4-20(18)10-15-40(37,38)33-13-11-26(12-14-33)25(36)31-24(32-26)21-5-8-23(9-6-21)39-27(28,29)30;1-12-9-17(6-5-16(12)7-8-28(19,24)25)20(13(2)21)10-18(27-15(4)23)11-26-14(3)22;15-14(16,17)22-10-3-1-9(2-4-10)11-19-12(21)13(20-11)5-7-18-8-6-13;1-2;;;/h5-10,17,28H,11-16,18-19H2,1-4H3,(H,36,37,43);2,4-6,8-9,16,22,34-35H,3,7,10-15,17H2,1H3,(H,31,32,36);5-6,9,18H,7-8,10-11H2,1-4H3;1-4,18H,5-8H2,(H,19,20,21);2H,1H3;3*1H2/t28-;22-;18-;;;;;/m000...../s1. The number of piperidine rings is 3. The van der Waals surface area contributed by atoms with Crippen LogP contribution in [-0.4, -0.2) is 271 Å². The average Bonchev–Trinajstić information content (AvgIpc) is 1.63. The molecule has 3 atom stereocenters. The molecule has 6 heterocycles. The molecule has 3 spiro atoms. The van der Waals surface area contributed by atoms with E-state index in [1.54, 1.807) is 50.2 Å². The molecule has 7 N–H and O–H groups in total. The number of rotatable bonds is 33. The second-order valence-electron chi connectivity index (χ2n) is 33.4. The predicted octanol–water partition coefficient (Wildman–Crippen LogP) is 8.97. The van der Waals surface area contributed by atoms with Crippen LogP contribution < -0.4 is 45.3 Å². The molecule has 6 aromatic rings. The van der Waals surface area contributed by atoms with E-state index < -0.39 is 124 Å². The van der Waals surface area contributed by atoms with Gasteiger partial charge >= 0.3 is 43.0 Å². The lowest BCUT2D eigenvalue weighted by Gasteiger charge is -2.34. The maximum absolute atomic E-state index is 13.3. The van der Waals surface area contributed by atoms with Crippen LogP contribution in [0.15, 0.2) is 142 Å². The van der Waals surface area contributed by atoms with Crippen LogP contribution in [0.2, 0.25) is 0 Å². The number of benzene rings is 6. The quantitative estimate of drug-likeness (QED) is 0.00874. The summed E-state index contributed by atoms with van der Waals surface area (Å²) in [6.07, 6.45) is -13.2. The van der Waals surface area contributed by atoms with E-state index in [0.717, 1.165) is 70.3 Å². The van der Waals surface area contributed by atoms with Gasteiger partial charge in [-0.25, -0.2) is 33.9 Å². The summed E-state index contributed by atoms with van der Waals surface area (Å²) in [5.74, 6) is -4.62. The number of aryl methyl sites for hydroxylation is 7. The first-order valence-corrected chi connectivity index (χ1v) is 49.7. The third kappa shape index (κ3) is 37.6. The van der Waals surface area contributed by atoms with Gasteiger partial charge in [0.2, 0.25) is 40.9 Å². The largest absolute Gasteiger partial charge is 0.573 e. The summed E-state index contributed by atoms with van der Waals surface area (Å²) in [7, 11) is -4.68. The SMILES string of the molecule is CC(=O)OC[C@H](CN(C(C)=O)c1ccc(CCS(=O)(=O)Cl)c(C)c1)OC(C)=O.CC(=O)OC[C@H](CN(C(C)=O)c1ccc(CCS(=O)(=O)N2CCC3(CC2)N=C(c2ccc(OC(F)(F)F)cc2)NC3=O)c(C)c1)OC(C)=O.CO.Cc1cc(CC[C@H](O)CO)ccc1CCS(=O)(=O)N1CCC2(CC1)N=C(c1ccc(OC(F)(F)F)cc1)NC2=O.O=C1NC(c2ccc(OC(F)(F)F)cc2)=NC12CCNCC2.S.S.S. The van der Waals surface area contributed by atoms with Gasteiger partial charge in [0.05, 0.1) is 43.1 Å². The fourth-order valence-corrected chi connectivity index (χ4v) is 19.4. The number of nitrogens with zero attached hydrogens (tertiary/aromatic N) is 7. The second kappa shape index (κ2) is 54.1. The Morgan fingerprint density at radius 1 is 0.451 bits per heavy atom. The Bertz CT molecular complexity index is 5920. The average molecular weight is 2180 g/mol. The molecule has 0 saturated carbocycles. The summed E-state index contributed by atoms with van der Waals surface area (Å²) in [6, 6.07) is 31.2. The zero-order valence-corrected chi connectivity index (χ0v) is 86.2. The minimum absolute atomic E-state index is 0. The molecule has 144 heavy (non-hydrogen) atoms. The second-order valence-corrected chi connectivity index (χ2v) is 40.5. The number of alkyl halides is 9. The third-order valence-corrected chi connectivity index (χ3v) is 27.9. The number of halogens is 10. The van der Waals surface area contributed by atoms with E-state index >= 15 is 0 Å². The van der Waals surface area contributed by atoms with E-state index in [2.05, 4.69) is 50.5 Å². The van der Waals surface area contributed by atoms with Gasteiger partial charge in [-0.2, -0.15) is 40.5 Å². The molecule has 0 radical (unpaired) electrons. The van der Waals surface area contributed by atoms with E-state index in [1.165, 1.54) is 108 Å². The highest BCUT2D eigenvalue weighted by molar-refractivity contribution is 8.13. The number of nitrogens with one attached hydrogen (secondary N) is 4. The first kappa shape index (κ1) is 124. The van der Waals surface area contributed by atoms with Gasteiger partial charge in [-0.15, -0.1) is 39.5 Å². The molecule has 6 aliphatic heterocycles. The summed E-state index contributed by atoms with van der Waals surface area (Å²) in [5.41, 5.74) is 5.20. The van der Waals surface area contributed by atoms with Crippen molar-refractivity contribution in [2.45, 2.75) is 187 Å². The van der Waals surface area contributed by atoms with Gasteiger partial charge < -0.3 is 79.5 Å². The molecule has 12 rings (SSSR count). The van der Waals surface area contributed by atoms with Crippen molar-refractivity contribution in [1.29, 1.82) is 0 Å². The third-order valence-electron chi connectivity index (χ3n) is 23.0. The van der Waals surface area contributed by atoms with Crippen molar-refractivity contribution in [3.05, 3.63) is 183 Å². The van der Waals surface area contributed by atoms with Crippen molar-refractivity contribution in [2.24, 2.45) is 15.0 Å². The normalized spacial score (nSPS) is 16.4. The molecular weight excluding hydrogens is 2060 g/mol. The Morgan fingerprint density at radius 3 is 1.03 bits per heavy atom. The number of carbonyl (C=O) groups excluding carboxylic acids is 9. The van der Waals surface area contributed by atoms with Gasteiger partial charge in [-0.1, -0.05) is 30.3 Å². The number of amidine groups is 3.